The first-order valence-electron chi connectivity index (χ1n) is 9.38. The van der Waals surface area contributed by atoms with Gasteiger partial charge in [-0.15, -0.1) is 11.3 Å². The summed E-state index contributed by atoms with van der Waals surface area (Å²) < 4.78 is 1.10. The first kappa shape index (κ1) is 18.2. The van der Waals surface area contributed by atoms with E-state index >= 15 is 0 Å². The summed E-state index contributed by atoms with van der Waals surface area (Å²) in [6.45, 7) is 1.82. The summed E-state index contributed by atoms with van der Waals surface area (Å²) in [7, 11) is 0. The SMILES string of the molecule is O=C1CC[C@H](CNC2CCCCCCC2)N1CCSc1nccs1. The van der Waals surface area contributed by atoms with E-state index in [2.05, 4.69) is 15.2 Å². The Labute approximate surface area is 153 Å². The van der Waals surface area contributed by atoms with Crippen molar-refractivity contribution in [1.82, 2.24) is 15.2 Å². The van der Waals surface area contributed by atoms with Crippen molar-refractivity contribution in [1.29, 1.82) is 0 Å². The molecule has 0 radical (unpaired) electrons. The van der Waals surface area contributed by atoms with Crippen molar-refractivity contribution in [3.63, 3.8) is 0 Å². The molecule has 2 heterocycles. The van der Waals surface area contributed by atoms with Gasteiger partial charge in [0, 0.05) is 48.9 Å². The number of rotatable bonds is 7. The molecule has 2 aliphatic rings. The van der Waals surface area contributed by atoms with Crippen molar-refractivity contribution in [2.45, 2.75) is 74.2 Å². The largest absolute Gasteiger partial charge is 0.338 e. The lowest BCUT2D eigenvalue weighted by molar-refractivity contribution is -0.128. The van der Waals surface area contributed by atoms with Gasteiger partial charge in [-0.25, -0.2) is 4.98 Å². The standard InChI is InChI=1S/C18H29N3OS2/c22-17-9-8-16(14-20-15-6-4-2-1-3-5-7-15)21(17)11-13-24-18-19-10-12-23-18/h10,12,15-16,20H,1-9,11,13-14H2/t16-/m1/s1. The van der Waals surface area contributed by atoms with E-state index in [1.165, 1.54) is 44.9 Å². The summed E-state index contributed by atoms with van der Waals surface area (Å²) in [5.74, 6) is 1.28. The summed E-state index contributed by atoms with van der Waals surface area (Å²) in [6, 6.07) is 1.05. The molecule has 0 aromatic carbocycles. The molecule has 1 saturated carbocycles. The minimum atomic E-state index is 0.333. The molecule has 2 fully saturated rings. The topological polar surface area (TPSA) is 45.2 Å². The monoisotopic (exact) mass is 367 g/mol. The zero-order valence-electron chi connectivity index (χ0n) is 14.4. The molecule has 1 aromatic heterocycles. The Morgan fingerprint density at radius 1 is 1.21 bits per heavy atom. The molecule has 0 unspecified atom stereocenters. The second kappa shape index (κ2) is 9.78. The summed E-state index contributed by atoms with van der Waals surface area (Å²) >= 11 is 3.44. The van der Waals surface area contributed by atoms with Crippen molar-refractivity contribution in [2.24, 2.45) is 0 Å². The highest BCUT2D eigenvalue weighted by atomic mass is 32.2. The average molecular weight is 368 g/mol. The van der Waals surface area contributed by atoms with Crippen LogP contribution in [0.5, 0.6) is 0 Å². The van der Waals surface area contributed by atoms with Gasteiger partial charge in [0.2, 0.25) is 5.91 Å². The van der Waals surface area contributed by atoms with Gasteiger partial charge in [-0.3, -0.25) is 4.79 Å². The van der Waals surface area contributed by atoms with Gasteiger partial charge in [0.1, 0.15) is 4.34 Å². The highest BCUT2D eigenvalue weighted by Gasteiger charge is 2.30. The molecular formula is C18H29N3OS2. The lowest BCUT2D eigenvalue weighted by Gasteiger charge is -2.28. The minimum absolute atomic E-state index is 0.333. The van der Waals surface area contributed by atoms with Crippen LogP contribution in [0.15, 0.2) is 15.9 Å². The fraction of sp³-hybridized carbons (Fsp3) is 0.778. The van der Waals surface area contributed by atoms with Crippen LogP contribution in [0.2, 0.25) is 0 Å². The van der Waals surface area contributed by atoms with E-state index in [1.807, 2.05) is 11.6 Å². The molecule has 3 rings (SSSR count). The summed E-state index contributed by atoms with van der Waals surface area (Å²) in [5.41, 5.74) is 0. The maximum Gasteiger partial charge on any atom is 0.222 e. The number of likely N-dealkylation sites (tertiary alicyclic amines) is 1. The van der Waals surface area contributed by atoms with E-state index in [-0.39, 0.29) is 0 Å². The van der Waals surface area contributed by atoms with Crippen LogP contribution in [-0.2, 0) is 4.79 Å². The molecule has 24 heavy (non-hydrogen) atoms. The van der Waals surface area contributed by atoms with Gasteiger partial charge in [-0.1, -0.05) is 43.9 Å². The third-order valence-electron chi connectivity index (χ3n) is 5.17. The Hall–Kier alpha value is -0.590. The van der Waals surface area contributed by atoms with Crippen LogP contribution >= 0.6 is 23.1 Å². The van der Waals surface area contributed by atoms with Crippen molar-refractivity contribution < 1.29 is 4.79 Å². The second-order valence-electron chi connectivity index (χ2n) is 6.88. The molecule has 1 aliphatic carbocycles. The number of thiazole rings is 1. The number of amides is 1. The molecule has 1 amide bonds. The summed E-state index contributed by atoms with van der Waals surface area (Å²) in [5, 5.41) is 5.78. The van der Waals surface area contributed by atoms with Crippen LogP contribution in [0.25, 0.3) is 0 Å². The molecule has 1 aliphatic heterocycles. The van der Waals surface area contributed by atoms with Gasteiger partial charge >= 0.3 is 0 Å². The molecular weight excluding hydrogens is 338 g/mol. The number of thioether (sulfide) groups is 1. The molecule has 1 aromatic rings. The maximum absolute atomic E-state index is 12.2. The van der Waals surface area contributed by atoms with Gasteiger partial charge in [-0.05, 0) is 19.3 Å². The molecule has 1 saturated heterocycles. The van der Waals surface area contributed by atoms with Crippen LogP contribution in [0.3, 0.4) is 0 Å². The second-order valence-corrected chi connectivity index (χ2v) is 9.11. The van der Waals surface area contributed by atoms with Crippen LogP contribution in [0, 0.1) is 0 Å². The predicted octanol–water partition coefficient (Wildman–Crippen LogP) is 3.93. The van der Waals surface area contributed by atoms with Crippen LogP contribution in [-0.4, -0.2) is 46.7 Å². The summed E-state index contributed by atoms with van der Waals surface area (Å²) in [6.07, 6.45) is 13.1. The van der Waals surface area contributed by atoms with Gasteiger partial charge in [0.05, 0.1) is 0 Å². The van der Waals surface area contributed by atoms with E-state index in [1.54, 1.807) is 23.1 Å². The average Bonchev–Trinajstić information content (AvgIpc) is 3.18. The number of hydrogen-bond donors (Lipinski definition) is 1. The lowest BCUT2D eigenvalue weighted by Crippen LogP contribution is -2.44. The maximum atomic E-state index is 12.2. The Morgan fingerprint density at radius 3 is 2.75 bits per heavy atom. The van der Waals surface area contributed by atoms with Gasteiger partial charge in [0.15, 0.2) is 0 Å². The number of aromatic nitrogens is 1. The van der Waals surface area contributed by atoms with Crippen LogP contribution in [0.1, 0.15) is 57.8 Å². The number of nitrogens with one attached hydrogen (secondary N) is 1. The van der Waals surface area contributed by atoms with E-state index in [0.717, 1.165) is 36.0 Å². The zero-order chi connectivity index (χ0) is 16.6. The van der Waals surface area contributed by atoms with Gasteiger partial charge < -0.3 is 10.2 Å². The third-order valence-corrected chi connectivity index (χ3v) is 7.11. The fourth-order valence-corrected chi connectivity index (χ4v) is 5.44. The first-order chi connectivity index (χ1) is 11.8. The van der Waals surface area contributed by atoms with Gasteiger partial charge in [0.25, 0.3) is 0 Å². The normalized spacial score (nSPS) is 23.4. The van der Waals surface area contributed by atoms with Crippen molar-refractivity contribution in [3.8, 4) is 0 Å². The van der Waals surface area contributed by atoms with Crippen molar-refractivity contribution in [3.05, 3.63) is 11.6 Å². The molecule has 1 atom stereocenters. The Morgan fingerprint density at radius 2 is 2.00 bits per heavy atom. The lowest BCUT2D eigenvalue weighted by atomic mass is 9.96. The molecule has 4 nitrogen and oxygen atoms in total. The fourth-order valence-electron chi connectivity index (χ4n) is 3.79. The zero-order valence-corrected chi connectivity index (χ0v) is 16.0. The Kier molecular flexibility index (Phi) is 7.42. The van der Waals surface area contributed by atoms with Gasteiger partial charge in [-0.2, -0.15) is 0 Å². The number of nitrogens with zero attached hydrogens (tertiary/aromatic N) is 2. The molecule has 0 spiro atoms. The highest BCUT2D eigenvalue weighted by Crippen LogP contribution is 2.24. The van der Waals surface area contributed by atoms with E-state index in [9.17, 15) is 4.79 Å². The number of carbonyl (C=O) groups is 1. The first-order valence-corrected chi connectivity index (χ1v) is 11.2. The summed E-state index contributed by atoms with van der Waals surface area (Å²) in [4.78, 5) is 18.6. The molecule has 1 N–H and O–H groups in total. The minimum Gasteiger partial charge on any atom is -0.338 e. The molecule has 134 valence electrons. The highest BCUT2D eigenvalue weighted by molar-refractivity contribution is 8.01. The smallest absolute Gasteiger partial charge is 0.222 e. The third kappa shape index (κ3) is 5.46. The van der Waals surface area contributed by atoms with Crippen LogP contribution in [0.4, 0.5) is 0 Å². The quantitative estimate of drug-likeness (QED) is 0.742. The molecule has 6 heteroatoms. The Bertz CT molecular complexity index is 486. The van der Waals surface area contributed by atoms with Crippen molar-refractivity contribution >= 4 is 29.0 Å². The van der Waals surface area contributed by atoms with E-state index in [4.69, 9.17) is 0 Å². The van der Waals surface area contributed by atoms with E-state index < -0.39 is 0 Å². The molecule has 0 bridgehead atoms. The number of hydrogen-bond acceptors (Lipinski definition) is 5. The van der Waals surface area contributed by atoms with E-state index in [0.29, 0.717) is 18.0 Å². The van der Waals surface area contributed by atoms with Crippen LogP contribution < -0.4 is 5.32 Å². The predicted molar refractivity (Wildman–Crippen MR) is 102 cm³/mol. The number of carbonyl (C=O) groups excluding carboxylic acids is 1. The van der Waals surface area contributed by atoms with Crippen molar-refractivity contribution in [2.75, 3.05) is 18.8 Å². The Balaban J connectivity index is 1.42.